The topological polar surface area (TPSA) is 66.5 Å². The summed E-state index contributed by atoms with van der Waals surface area (Å²) in [6.07, 6.45) is 2.12. The van der Waals surface area contributed by atoms with Crippen LogP contribution in [0.15, 0.2) is 53.4 Å². The Hall–Kier alpha value is -2.34. The van der Waals surface area contributed by atoms with E-state index in [-0.39, 0.29) is 17.3 Å². The molecule has 0 saturated carbocycles. The van der Waals surface area contributed by atoms with Crippen molar-refractivity contribution in [1.29, 1.82) is 0 Å². The van der Waals surface area contributed by atoms with Gasteiger partial charge in [0.25, 0.3) is 0 Å². The number of unbranched alkanes of at least 4 members (excludes halogenated alkanes) is 1. The molecule has 0 heterocycles. The molecule has 1 atom stereocenters. The van der Waals surface area contributed by atoms with Crippen molar-refractivity contribution in [2.75, 3.05) is 25.5 Å². The van der Waals surface area contributed by atoms with Gasteiger partial charge in [-0.15, -0.1) is 0 Å². The highest BCUT2D eigenvalue weighted by Crippen LogP contribution is 2.30. The molecule has 5 nitrogen and oxygen atoms in total. The van der Waals surface area contributed by atoms with Crippen molar-refractivity contribution in [2.24, 2.45) is 0 Å². The van der Waals surface area contributed by atoms with Crippen LogP contribution in [0.2, 0.25) is 0 Å². The molecule has 0 spiro atoms. The molecule has 28 heavy (non-hydrogen) atoms. The van der Waals surface area contributed by atoms with Crippen molar-refractivity contribution >= 4 is 21.4 Å². The smallest absolute Gasteiger partial charge is 0.220 e. The number of carbonyl (C=O) groups is 1. The second-order valence-electron chi connectivity index (χ2n) is 7.24. The third-order valence-electron chi connectivity index (χ3n) is 4.75. The molecule has 0 unspecified atom stereocenters. The lowest BCUT2D eigenvalue weighted by Gasteiger charge is -2.20. The molecular weight excluding hydrogens is 372 g/mol. The Morgan fingerprint density at radius 3 is 2.18 bits per heavy atom. The fourth-order valence-electron chi connectivity index (χ4n) is 2.92. The average Bonchev–Trinajstić information content (AvgIpc) is 2.67. The average molecular weight is 403 g/mol. The second kappa shape index (κ2) is 9.73. The number of anilines is 1. The van der Waals surface area contributed by atoms with E-state index in [1.807, 2.05) is 57.1 Å². The lowest BCUT2D eigenvalue weighted by molar-refractivity contribution is -0.121. The van der Waals surface area contributed by atoms with Crippen LogP contribution in [0.1, 0.15) is 42.6 Å². The van der Waals surface area contributed by atoms with Crippen LogP contribution in [0.5, 0.6) is 0 Å². The lowest BCUT2D eigenvalue weighted by Crippen LogP contribution is -2.31. The molecule has 0 aliphatic heterocycles. The van der Waals surface area contributed by atoms with Crippen LogP contribution in [0.25, 0.3) is 0 Å². The number of rotatable bonds is 9. The van der Waals surface area contributed by atoms with Gasteiger partial charge in [-0.1, -0.05) is 43.2 Å². The highest BCUT2D eigenvalue weighted by molar-refractivity contribution is 7.91. The first-order chi connectivity index (χ1) is 13.3. The molecule has 1 amide bonds. The van der Waals surface area contributed by atoms with Gasteiger partial charge in [0.1, 0.15) is 5.25 Å². The summed E-state index contributed by atoms with van der Waals surface area (Å²) in [4.78, 5) is 14.3. The minimum absolute atomic E-state index is 0.0556. The fourth-order valence-corrected chi connectivity index (χ4v) is 4.58. The van der Waals surface area contributed by atoms with Gasteiger partial charge >= 0.3 is 0 Å². The SMILES string of the molecule is CCCCC(=O)NC[C@@H](c1ccc(N(C)C)cc1)S(=O)(=O)c1ccc(C)cc1. The first-order valence-corrected chi connectivity index (χ1v) is 11.1. The molecule has 0 radical (unpaired) electrons. The van der Waals surface area contributed by atoms with Gasteiger partial charge in [-0.05, 0) is 43.2 Å². The number of benzene rings is 2. The van der Waals surface area contributed by atoms with Crippen molar-refractivity contribution in [3.63, 3.8) is 0 Å². The van der Waals surface area contributed by atoms with Crippen molar-refractivity contribution < 1.29 is 13.2 Å². The monoisotopic (exact) mass is 402 g/mol. The Balaban J connectivity index is 2.34. The molecule has 2 rings (SSSR count). The molecule has 0 aromatic heterocycles. The predicted octanol–water partition coefficient (Wildman–Crippen LogP) is 3.88. The van der Waals surface area contributed by atoms with Crippen LogP contribution in [0.3, 0.4) is 0 Å². The summed E-state index contributed by atoms with van der Waals surface area (Å²) in [6.45, 7) is 3.99. The Morgan fingerprint density at radius 1 is 1.04 bits per heavy atom. The molecule has 2 aromatic rings. The Morgan fingerprint density at radius 2 is 1.64 bits per heavy atom. The maximum Gasteiger partial charge on any atom is 0.220 e. The highest BCUT2D eigenvalue weighted by atomic mass is 32.2. The first kappa shape index (κ1) is 22.0. The van der Waals surface area contributed by atoms with Crippen LogP contribution in [0, 0.1) is 6.92 Å². The quantitative estimate of drug-likeness (QED) is 0.691. The summed E-state index contributed by atoms with van der Waals surface area (Å²) in [5.74, 6) is -0.115. The summed E-state index contributed by atoms with van der Waals surface area (Å²) in [5, 5.41) is 1.98. The van der Waals surface area contributed by atoms with Gasteiger partial charge in [0, 0.05) is 32.7 Å². The Bertz CT molecular complexity index is 873. The number of nitrogens with one attached hydrogen (secondary N) is 1. The standard InChI is InChI=1S/C22H30N2O3S/c1-5-6-7-22(25)23-16-21(18-10-12-19(13-11-18)24(3)4)28(26,27)20-14-8-17(2)9-15-20/h8-15,21H,5-7,16H2,1-4H3,(H,23,25)/t21-/m0/s1. The summed E-state index contributed by atoms with van der Waals surface area (Å²) >= 11 is 0. The van der Waals surface area contributed by atoms with E-state index in [1.54, 1.807) is 24.3 Å². The second-order valence-corrected chi connectivity index (χ2v) is 9.37. The van der Waals surface area contributed by atoms with Gasteiger partial charge in [-0.3, -0.25) is 4.79 Å². The highest BCUT2D eigenvalue weighted by Gasteiger charge is 2.29. The van der Waals surface area contributed by atoms with E-state index in [9.17, 15) is 13.2 Å². The van der Waals surface area contributed by atoms with Crippen LogP contribution in [0.4, 0.5) is 5.69 Å². The van der Waals surface area contributed by atoms with Gasteiger partial charge in [-0.2, -0.15) is 0 Å². The van der Waals surface area contributed by atoms with E-state index in [0.29, 0.717) is 12.0 Å². The Labute approximate surface area is 168 Å². The van der Waals surface area contributed by atoms with Gasteiger partial charge in [0.2, 0.25) is 5.91 Å². The van der Waals surface area contributed by atoms with E-state index < -0.39 is 15.1 Å². The number of carbonyl (C=O) groups excluding carboxylic acids is 1. The molecule has 0 bridgehead atoms. The van der Waals surface area contributed by atoms with Crippen molar-refractivity contribution in [3.8, 4) is 0 Å². The molecule has 0 fully saturated rings. The minimum atomic E-state index is -3.65. The van der Waals surface area contributed by atoms with E-state index in [0.717, 1.165) is 24.1 Å². The summed E-state index contributed by atoms with van der Waals surface area (Å²) in [7, 11) is 0.220. The fraction of sp³-hybridized carbons (Fsp3) is 0.409. The Kier molecular flexibility index (Phi) is 7.63. The van der Waals surface area contributed by atoms with Gasteiger partial charge in [0.05, 0.1) is 4.90 Å². The first-order valence-electron chi connectivity index (χ1n) is 9.60. The number of amides is 1. The molecule has 2 aromatic carbocycles. The van der Waals surface area contributed by atoms with Crippen molar-refractivity contribution in [1.82, 2.24) is 5.32 Å². The van der Waals surface area contributed by atoms with Gasteiger partial charge in [-0.25, -0.2) is 8.42 Å². The summed E-state index contributed by atoms with van der Waals surface area (Å²) < 4.78 is 26.7. The van der Waals surface area contributed by atoms with Crippen LogP contribution in [-0.2, 0) is 14.6 Å². The maximum atomic E-state index is 13.3. The number of aryl methyl sites for hydroxylation is 1. The van der Waals surface area contributed by atoms with Gasteiger partial charge in [0.15, 0.2) is 9.84 Å². The number of hydrogen-bond acceptors (Lipinski definition) is 4. The van der Waals surface area contributed by atoms with Crippen molar-refractivity contribution in [3.05, 3.63) is 59.7 Å². The number of sulfone groups is 1. The summed E-state index contributed by atoms with van der Waals surface area (Å²) in [5.41, 5.74) is 2.66. The third-order valence-corrected chi connectivity index (χ3v) is 6.86. The largest absolute Gasteiger partial charge is 0.378 e. The van der Waals surface area contributed by atoms with E-state index in [4.69, 9.17) is 0 Å². The molecular formula is C22H30N2O3S. The van der Waals surface area contributed by atoms with Crippen LogP contribution >= 0.6 is 0 Å². The van der Waals surface area contributed by atoms with E-state index in [1.165, 1.54) is 0 Å². The zero-order chi connectivity index (χ0) is 20.7. The zero-order valence-electron chi connectivity index (χ0n) is 17.1. The lowest BCUT2D eigenvalue weighted by atomic mass is 10.1. The molecule has 0 aliphatic rings. The molecule has 0 saturated heterocycles. The third kappa shape index (κ3) is 5.58. The van der Waals surface area contributed by atoms with E-state index in [2.05, 4.69) is 5.32 Å². The van der Waals surface area contributed by atoms with Crippen LogP contribution in [-0.4, -0.2) is 35.0 Å². The molecule has 6 heteroatoms. The predicted molar refractivity (Wildman–Crippen MR) is 114 cm³/mol. The molecule has 1 N–H and O–H groups in total. The molecule has 0 aliphatic carbocycles. The van der Waals surface area contributed by atoms with Gasteiger partial charge < -0.3 is 10.2 Å². The normalized spacial score (nSPS) is 12.4. The number of hydrogen-bond donors (Lipinski definition) is 1. The number of nitrogens with zero attached hydrogens (tertiary/aromatic N) is 1. The van der Waals surface area contributed by atoms with E-state index >= 15 is 0 Å². The zero-order valence-corrected chi connectivity index (χ0v) is 17.9. The minimum Gasteiger partial charge on any atom is -0.378 e. The maximum absolute atomic E-state index is 13.3. The summed E-state index contributed by atoms with van der Waals surface area (Å²) in [6, 6.07) is 14.3. The van der Waals surface area contributed by atoms with Crippen molar-refractivity contribution in [2.45, 2.75) is 43.3 Å². The molecule has 152 valence electrons. The van der Waals surface area contributed by atoms with Crippen LogP contribution < -0.4 is 10.2 Å².